The number of ether oxygens (including phenoxy) is 1. The van der Waals surface area contributed by atoms with Crippen molar-refractivity contribution in [1.29, 1.82) is 0 Å². The maximum atomic E-state index is 13.6. The Morgan fingerprint density at radius 2 is 1.40 bits per heavy atom. The summed E-state index contributed by atoms with van der Waals surface area (Å²) >= 11 is 0. The van der Waals surface area contributed by atoms with Crippen molar-refractivity contribution in [2.75, 3.05) is 26.2 Å². The van der Waals surface area contributed by atoms with Crippen LogP contribution < -0.4 is 0 Å². The van der Waals surface area contributed by atoms with Gasteiger partial charge in [0, 0.05) is 35.5 Å². The van der Waals surface area contributed by atoms with E-state index in [0.717, 1.165) is 42.6 Å². The molecule has 1 aromatic heterocycles. The summed E-state index contributed by atoms with van der Waals surface area (Å²) in [6, 6.07) is 29.5. The SMILES string of the molecule is CCOC(=O)c1c(C(c2ccccc2)c2ccccc2)c2ccccc2n1CCN1CCCCC1. The van der Waals surface area contributed by atoms with Crippen LogP contribution in [0.3, 0.4) is 0 Å². The average Bonchev–Trinajstić information content (AvgIpc) is 3.24. The number of nitrogens with zero attached hydrogens (tertiary/aromatic N) is 2. The van der Waals surface area contributed by atoms with Crippen LogP contribution in [0.1, 0.15) is 59.3 Å². The van der Waals surface area contributed by atoms with Gasteiger partial charge < -0.3 is 14.2 Å². The van der Waals surface area contributed by atoms with Gasteiger partial charge in [0.25, 0.3) is 0 Å². The first-order valence-corrected chi connectivity index (χ1v) is 12.9. The van der Waals surface area contributed by atoms with Gasteiger partial charge in [-0.15, -0.1) is 0 Å². The molecule has 1 fully saturated rings. The first kappa shape index (κ1) is 23.4. The third kappa shape index (κ3) is 4.89. The van der Waals surface area contributed by atoms with Gasteiger partial charge in [0.05, 0.1) is 6.61 Å². The first-order chi connectivity index (χ1) is 17.3. The van der Waals surface area contributed by atoms with Crippen molar-refractivity contribution in [1.82, 2.24) is 9.47 Å². The van der Waals surface area contributed by atoms with Crippen molar-refractivity contribution >= 4 is 16.9 Å². The van der Waals surface area contributed by atoms with Gasteiger partial charge in [-0.2, -0.15) is 0 Å². The second-order valence-electron chi connectivity index (χ2n) is 9.31. The maximum absolute atomic E-state index is 13.6. The molecule has 4 aromatic rings. The summed E-state index contributed by atoms with van der Waals surface area (Å²) < 4.78 is 7.90. The number of esters is 1. The van der Waals surface area contributed by atoms with Gasteiger partial charge in [0.1, 0.15) is 5.69 Å². The molecule has 4 heteroatoms. The van der Waals surface area contributed by atoms with E-state index in [9.17, 15) is 4.79 Å². The van der Waals surface area contributed by atoms with Crippen LogP contribution in [0.25, 0.3) is 10.9 Å². The number of para-hydroxylation sites is 1. The van der Waals surface area contributed by atoms with Crippen molar-refractivity contribution in [2.24, 2.45) is 0 Å². The Kier molecular flexibility index (Phi) is 7.29. The smallest absolute Gasteiger partial charge is 0.355 e. The van der Waals surface area contributed by atoms with E-state index in [1.165, 1.54) is 30.4 Å². The van der Waals surface area contributed by atoms with Gasteiger partial charge in [-0.3, -0.25) is 0 Å². The molecule has 0 N–H and O–H groups in total. The van der Waals surface area contributed by atoms with Crippen LogP contribution in [0.4, 0.5) is 0 Å². The van der Waals surface area contributed by atoms with E-state index in [1.807, 2.05) is 19.1 Å². The molecule has 0 radical (unpaired) electrons. The highest BCUT2D eigenvalue weighted by atomic mass is 16.5. The van der Waals surface area contributed by atoms with Crippen molar-refractivity contribution in [3.63, 3.8) is 0 Å². The van der Waals surface area contributed by atoms with Crippen LogP contribution >= 0.6 is 0 Å². The van der Waals surface area contributed by atoms with Gasteiger partial charge in [-0.05, 0) is 50.0 Å². The second kappa shape index (κ2) is 10.9. The average molecular weight is 467 g/mol. The Morgan fingerprint density at radius 3 is 2.03 bits per heavy atom. The summed E-state index contributed by atoms with van der Waals surface area (Å²) in [5, 5.41) is 1.12. The molecule has 3 aromatic carbocycles. The molecule has 1 aliphatic heterocycles. The van der Waals surface area contributed by atoms with E-state index < -0.39 is 0 Å². The predicted molar refractivity (Wildman–Crippen MR) is 142 cm³/mol. The number of likely N-dealkylation sites (tertiary alicyclic amines) is 1. The van der Waals surface area contributed by atoms with E-state index in [1.54, 1.807) is 0 Å². The minimum absolute atomic E-state index is 0.0713. The van der Waals surface area contributed by atoms with Crippen LogP contribution in [0.5, 0.6) is 0 Å². The lowest BCUT2D eigenvalue weighted by atomic mass is 9.83. The molecule has 1 aliphatic rings. The fourth-order valence-corrected chi connectivity index (χ4v) is 5.52. The lowest BCUT2D eigenvalue weighted by molar-refractivity contribution is 0.0512. The minimum atomic E-state index is -0.241. The van der Waals surface area contributed by atoms with Crippen LogP contribution in [0, 0.1) is 0 Å². The van der Waals surface area contributed by atoms with E-state index in [-0.39, 0.29) is 11.9 Å². The molecule has 0 aliphatic carbocycles. The summed E-state index contributed by atoms with van der Waals surface area (Å²) in [4.78, 5) is 16.1. The van der Waals surface area contributed by atoms with Crippen LogP contribution in [-0.2, 0) is 11.3 Å². The molecule has 2 heterocycles. The summed E-state index contributed by atoms with van der Waals surface area (Å²) in [5.41, 5.74) is 5.16. The number of benzene rings is 3. The topological polar surface area (TPSA) is 34.5 Å². The van der Waals surface area contributed by atoms with Gasteiger partial charge in [0.15, 0.2) is 0 Å². The number of rotatable bonds is 8. The molecule has 0 atom stereocenters. The minimum Gasteiger partial charge on any atom is -0.461 e. The molecule has 5 rings (SSSR count). The Bertz CT molecular complexity index is 1220. The number of carbonyl (C=O) groups is 1. The standard InChI is InChI=1S/C31H34N2O2/c1-2-35-31(34)30-29(28(24-14-6-3-7-15-24)25-16-8-4-9-17-25)26-18-10-11-19-27(26)33(30)23-22-32-20-12-5-13-21-32/h3-4,6-11,14-19,28H,2,5,12-13,20-23H2,1H3. The highest BCUT2D eigenvalue weighted by Crippen LogP contribution is 2.40. The normalized spacial score (nSPS) is 14.5. The summed E-state index contributed by atoms with van der Waals surface area (Å²) in [6.07, 6.45) is 3.83. The zero-order valence-corrected chi connectivity index (χ0v) is 20.5. The highest BCUT2D eigenvalue weighted by Gasteiger charge is 2.31. The Hall–Kier alpha value is -3.37. The van der Waals surface area contributed by atoms with E-state index in [4.69, 9.17) is 4.74 Å². The number of hydrogen-bond acceptors (Lipinski definition) is 3. The molecule has 0 spiro atoms. The lowest BCUT2D eigenvalue weighted by Crippen LogP contribution is -2.33. The van der Waals surface area contributed by atoms with Crippen LogP contribution in [0.2, 0.25) is 0 Å². The fourth-order valence-electron chi connectivity index (χ4n) is 5.52. The quantitative estimate of drug-likeness (QED) is 0.279. The van der Waals surface area contributed by atoms with Gasteiger partial charge >= 0.3 is 5.97 Å². The molecule has 1 saturated heterocycles. The van der Waals surface area contributed by atoms with Gasteiger partial charge in [0.2, 0.25) is 0 Å². The third-order valence-corrected chi connectivity index (χ3v) is 7.12. The molecule has 35 heavy (non-hydrogen) atoms. The van der Waals surface area contributed by atoms with Crippen molar-refractivity contribution in [3.8, 4) is 0 Å². The molecule has 4 nitrogen and oxygen atoms in total. The number of aromatic nitrogens is 1. The number of piperidine rings is 1. The molecular formula is C31H34N2O2. The number of hydrogen-bond donors (Lipinski definition) is 0. The molecule has 0 unspecified atom stereocenters. The molecule has 0 saturated carbocycles. The van der Waals surface area contributed by atoms with Crippen molar-refractivity contribution in [2.45, 2.75) is 38.6 Å². The monoisotopic (exact) mass is 466 g/mol. The largest absolute Gasteiger partial charge is 0.461 e. The zero-order valence-electron chi connectivity index (χ0n) is 20.5. The number of carbonyl (C=O) groups excluding carboxylic acids is 1. The Labute approximate surface area is 208 Å². The van der Waals surface area contributed by atoms with E-state index >= 15 is 0 Å². The fraction of sp³-hybridized carbons (Fsp3) is 0.323. The molecule has 180 valence electrons. The Balaban J connectivity index is 1.71. The predicted octanol–water partition coefficient (Wildman–Crippen LogP) is 6.48. The van der Waals surface area contributed by atoms with Crippen LogP contribution in [0.15, 0.2) is 84.9 Å². The second-order valence-corrected chi connectivity index (χ2v) is 9.31. The summed E-state index contributed by atoms with van der Waals surface area (Å²) in [6.45, 7) is 6.21. The van der Waals surface area contributed by atoms with E-state index in [0.29, 0.717) is 12.3 Å². The molecule has 0 bridgehead atoms. The lowest BCUT2D eigenvalue weighted by Gasteiger charge is -2.27. The van der Waals surface area contributed by atoms with Gasteiger partial charge in [-0.25, -0.2) is 4.79 Å². The number of fused-ring (bicyclic) bond motifs is 1. The molecular weight excluding hydrogens is 432 g/mol. The zero-order chi connectivity index (χ0) is 24.0. The summed E-state index contributed by atoms with van der Waals surface area (Å²) in [5.74, 6) is -0.313. The highest BCUT2D eigenvalue weighted by molar-refractivity contribution is 6.00. The third-order valence-electron chi connectivity index (χ3n) is 7.12. The van der Waals surface area contributed by atoms with E-state index in [2.05, 4.69) is 82.3 Å². The van der Waals surface area contributed by atoms with Crippen molar-refractivity contribution in [3.05, 3.63) is 107 Å². The van der Waals surface area contributed by atoms with Crippen molar-refractivity contribution < 1.29 is 9.53 Å². The maximum Gasteiger partial charge on any atom is 0.355 e. The molecule has 0 amide bonds. The Morgan fingerprint density at radius 1 is 0.800 bits per heavy atom. The van der Waals surface area contributed by atoms with Crippen LogP contribution in [-0.4, -0.2) is 41.7 Å². The summed E-state index contributed by atoms with van der Waals surface area (Å²) in [7, 11) is 0. The first-order valence-electron chi connectivity index (χ1n) is 12.9. The van der Waals surface area contributed by atoms with Gasteiger partial charge in [-0.1, -0.05) is 85.3 Å².